The van der Waals surface area contributed by atoms with Crippen LogP contribution in [0.1, 0.15) is 46.2 Å². The molecule has 5 nitrogen and oxygen atoms in total. The Kier molecular flexibility index (Phi) is 7.23. The molecular weight excluding hydrogens is 290 g/mol. The second-order valence-electron chi connectivity index (χ2n) is 6.80. The number of rotatable bonds is 7. The Morgan fingerprint density at radius 3 is 2.17 bits per heavy atom. The highest BCUT2D eigenvalue weighted by Crippen LogP contribution is 2.10. The first kappa shape index (κ1) is 19.2. The minimum absolute atomic E-state index is 0.0502. The van der Waals surface area contributed by atoms with Gasteiger partial charge in [-0.05, 0) is 39.8 Å². The summed E-state index contributed by atoms with van der Waals surface area (Å²) in [5.41, 5.74) is 0.801. The molecule has 0 unspecified atom stereocenters. The molecule has 23 heavy (non-hydrogen) atoms. The van der Waals surface area contributed by atoms with E-state index >= 15 is 0 Å². The number of nitrogens with one attached hydrogen (secondary N) is 2. The van der Waals surface area contributed by atoms with E-state index in [4.69, 9.17) is 0 Å². The molecule has 2 N–H and O–H groups in total. The SMILES string of the molecule is CCN(CC(=O)N[C@@H](C)c1ccccc1)CC(=O)NC(C)(C)C. The van der Waals surface area contributed by atoms with Gasteiger partial charge in [0, 0.05) is 5.54 Å². The van der Waals surface area contributed by atoms with E-state index in [9.17, 15) is 9.59 Å². The van der Waals surface area contributed by atoms with Gasteiger partial charge in [-0.25, -0.2) is 0 Å². The highest BCUT2D eigenvalue weighted by molar-refractivity contribution is 5.81. The maximum atomic E-state index is 12.2. The van der Waals surface area contributed by atoms with Gasteiger partial charge in [-0.15, -0.1) is 0 Å². The molecule has 0 saturated carbocycles. The summed E-state index contributed by atoms with van der Waals surface area (Å²) in [6, 6.07) is 9.77. The predicted molar refractivity (Wildman–Crippen MR) is 93.0 cm³/mol. The van der Waals surface area contributed by atoms with Gasteiger partial charge in [0.25, 0.3) is 0 Å². The third kappa shape index (κ3) is 7.79. The molecule has 0 spiro atoms. The van der Waals surface area contributed by atoms with Crippen LogP contribution in [0, 0.1) is 0 Å². The third-order valence-electron chi connectivity index (χ3n) is 3.37. The number of carbonyl (C=O) groups is 2. The van der Waals surface area contributed by atoms with Crippen molar-refractivity contribution in [3.8, 4) is 0 Å². The quantitative estimate of drug-likeness (QED) is 0.809. The maximum Gasteiger partial charge on any atom is 0.234 e. The lowest BCUT2D eigenvalue weighted by Gasteiger charge is -2.25. The van der Waals surface area contributed by atoms with E-state index in [-0.39, 0.29) is 36.5 Å². The largest absolute Gasteiger partial charge is 0.350 e. The molecule has 0 fully saturated rings. The molecular formula is C18H29N3O2. The molecule has 128 valence electrons. The van der Waals surface area contributed by atoms with Crippen molar-refractivity contribution < 1.29 is 9.59 Å². The molecule has 0 aliphatic rings. The Bertz CT molecular complexity index is 509. The Morgan fingerprint density at radius 2 is 1.65 bits per heavy atom. The topological polar surface area (TPSA) is 61.4 Å². The molecule has 0 aliphatic carbocycles. The smallest absolute Gasteiger partial charge is 0.234 e. The number of amides is 2. The van der Waals surface area contributed by atoms with E-state index in [1.54, 1.807) is 0 Å². The van der Waals surface area contributed by atoms with Crippen molar-refractivity contribution in [3.05, 3.63) is 35.9 Å². The fourth-order valence-corrected chi connectivity index (χ4v) is 2.26. The lowest BCUT2D eigenvalue weighted by atomic mass is 10.1. The Balaban J connectivity index is 2.48. The standard InChI is InChI=1S/C18H29N3O2/c1-6-21(13-17(23)20-18(3,4)5)12-16(22)19-14(2)15-10-8-7-9-11-15/h7-11,14H,6,12-13H2,1-5H3,(H,19,22)(H,20,23)/t14-/m0/s1. The van der Waals surface area contributed by atoms with Gasteiger partial charge in [0.1, 0.15) is 0 Å². The van der Waals surface area contributed by atoms with E-state index in [0.717, 1.165) is 5.56 Å². The van der Waals surface area contributed by atoms with Crippen LogP contribution in [0.5, 0.6) is 0 Å². The summed E-state index contributed by atoms with van der Waals surface area (Å²) in [6.45, 7) is 10.8. The number of benzene rings is 1. The third-order valence-corrected chi connectivity index (χ3v) is 3.37. The van der Waals surface area contributed by atoms with E-state index in [2.05, 4.69) is 10.6 Å². The van der Waals surface area contributed by atoms with Gasteiger partial charge in [0.15, 0.2) is 0 Å². The van der Waals surface area contributed by atoms with Crippen molar-refractivity contribution in [1.29, 1.82) is 0 Å². The zero-order chi connectivity index (χ0) is 17.5. The van der Waals surface area contributed by atoms with Crippen LogP contribution >= 0.6 is 0 Å². The van der Waals surface area contributed by atoms with Crippen LogP contribution in [0.25, 0.3) is 0 Å². The molecule has 1 rings (SSSR count). The number of hydrogen-bond acceptors (Lipinski definition) is 3. The van der Waals surface area contributed by atoms with Crippen molar-refractivity contribution in [2.75, 3.05) is 19.6 Å². The number of likely N-dealkylation sites (N-methyl/N-ethyl adjacent to an activating group) is 1. The summed E-state index contributed by atoms with van der Waals surface area (Å²) in [5, 5.41) is 5.88. The zero-order valence-electron chi connectivity index (χ0n) is 14.8. The van der Waals surface area contributed by atoms with Gasteiger partial charge in [-0.2, -0.15) is 0 Å². The Labute approximate surface area is 139 Å². The molecule has 1 aromatic rings. The van der Waals surface area contributed by atoms with E-state index < -0.39 is 0 Å². The van der Waals surface area contributed by atoms with Gasteiger partial charge in [-0.3, -0.25) is 14.5 Å². The van der Waals surface area contributed by atoms with Crippen LogP contribution in [0.15, 0.2) is 30.3 Å². The molecule has 0 radical (unpaired) electrons. The number of carbonyl (C=O) groups excluding carboxylic acids is 2. The molecule has 0 aromatic heterocycles. The van der Waals surface area contributed by atoms with Crippen molar-refractivity contribution in [2.24, 2.45) is 0 Å². The second kappa shape index (κ2) is 8.67. The average molecular weight is 319 g/mol. The average Bonchev–Trinajstić information content (AvgIpc) is 2.45. The minimum atomic E-state index is -0.263. The van der Waals surface area contributed by atoms with Crippen LogP contribution in [-0.2, 0) is 9.59 Å². The van der Waals surface area contributed by atoms with E-state index in [0.29, 0.717) is 6.54 Å². The van der Waals surface area contributed by atoms with E-state index in [1.807, 2.05) is 69.9 Å². The zero-order valence-corrected chi connectivity index (χ0v) is 14.8. The van der Waals surface area contributed by atoms with Crippen molar-refractivity contribution in [1.82, 2.24) is 15.5 Å². The first-order valence-electron chi connectivity index (χ1n) is 8.09. The molecule has 0 saturated heterocycles. The normalized spacial score (nSPS) is 12.8. The predicted octanol–water partition coefficient (Wildman–Crippen LogP) is 2.10. The first-order chi connectivity index (χ1) is 10.7. The summed E-state index contributed by atoms with van der Waals surface area (Å²) < 4.78 is 0. The molecule has 5 heteroatoms. The highest BCUT2D eigenvalue weighted by Gasteiger charge is 2.18. The first-order valence-corrected chi connectivity index (χ1v) is 8.09. The van der Waals surface area contributed by atoms with Crippen LogP contribution < -0.4 is 10.6 Å². The molecule has 2 amide bonds. The van der Waals surface area contributed by atoms with Gasteiger partial charge in [-0.1, -0.05) is 37.3 Å². The van der Waals surface area contributed by atoms with Gasteiger partial charge >= 0.3 is 0 Å². The summed E-state index contributed by atoms with van der Waals surface area (Å²) in [4.78, 5) is 26.0. The maximum absolute atomic E-state index is 12.2. The summed E-state index contributed by atoms with van der Waals surface area (Å²) >= 11 is 0. The van der Waals surface area contributed by atoms with Gasteiger partial charge in [0.05, 0.1) is 19.1 Å². The van der Waals surface area contributed by atoms with Crippen LogP contribution in [0.4, 0.5) is 0 Å². The fraction of sp³-hybridized carbons (Fsp3) is 0.556. The van der Waals surface area contributed by atoms with Crippen LogP contribution in [0.3, 0.4) is 0 Å². The fourth-order valence-electron chi connectivity index (χ4n) is 2.26. The molecule has 1 atom stereocenters. The van der Waals surface area contributed by atoms with E-state index in [1.165, 1.54) is 0 Å². The Morgan fingerprint density at radius 1 is 1.09 bits per heavy atom. The Hall–Kier alpha value is -1.88. The summed E-state index contributed by atoms with van der Waals surface area (Å²) in [6.07, 6.45) is 0. The minimum Gasteiger partial charge on any atom is -0.350 e. The van der Waals surface area contributed by atoms with Crippen LogP contribution in [-0.4, -0.2) is 41.9 Å². The molecule has 0 bridgehead atoms. The summed E-state index contributed by atoms with van der Waals surface area (Å²) in [5.74, 6) is -0.144. The van der Waals surface area contributed by atoms with Crippen LogP contribution in [0.2, 0.25) is 0 Å². The number of hydrogen-bond donors (Lipinski definition) is 2. The molecule has 0 aliphatic heterocycles. The van der Waals surface area contributed by atoms with Crippen molar-refractivity contribution >= 4 is 11.8 Å². The van der Waals surface area contributed by atoms with Crippen molar-refractivity contribution in [2.45, 2.75) is 46.2 Å². The second-order valence-corrected chi connectivity index (χ2v) is 6.80. The van der Waals surface area contributed by atoms with Gasteiger partial charge in [0.2, 0.25) is 11.8 Å². The highest BCUT2D eigenvalue weighted by atomic mass is 16.2. The lowest BCUT2D eigenvalue weighted by molar-refractivity contribution is -0.126. The molecule has 0 heterocycles. The lowest BCUT2D eigenvalue weighted by Crippen LogP contribution is -2.48. The van der Waals surface area contributed by atoms with Crippen molar-refractivity contribution in [3.63, 3.8) is 0 Å². The number of nitrogens with zero attached hydrogens (tertiary/aromatic N) is 1. The monoisotopic (exact) mass is 319 g/mol. The molecule has 1 aromatic carbocycles. The summed E-state index contributed by atoms with van der Waals surface area (Å²) in [7, 11) is 0. The van der Waals surface area contributed by atoms with Gasteiger partial charge < -0.3 is 10.6 Å².